The predicted octanol–water partition coefficient (Wildman–Crippen LogP) is 0.591. The summed E-state index contributed by atoms with van der Waals surface area (Å²) in [5.41, 5.74) is -2.03. The van der Waals surface area contributed by atoms with E-state index in [0.29, 0.717) is 6.42 Å². The third-order valence-corrected chi connectivity index (χ3v) is 6.66. The van der Waals surface area contributed by atoms with Crippen LogP contribution in [0.5, 0.6) is 0 Å². The van der Waals surface area contributed by atoms with Crippen molar-refractivity contribution in [1.29, 1.82) is 0 Å². The molecule has 2 aliphatic rings. The number of fused-ring (bicyclic) bond motifs is 2. The summed E-state index contributed by atoms with van der Waals surface area (Å²) in [6.45, 7) is 4.74. The molecule has 0 aromatic carbocycles. The largest absolute Gasteiger partial charge is 0.290 e. The van der Waals surface area contributed by atoms with E-state index in [1.54, 1.807) is 20.8 Å². The first-order valence-electron chi connectivity index (χ1n) is 5.09. The maximum atomic E-state index is 11.9. The molecule has 0 radical (unpaired) electrons. The molecule has 0 aliphatic heterocycles. The Morgan fingerprint density at radius 3 is 1.81 bits per heavy atom. The van der Waals surface area contributed by atoms with Gasteiger partial charge in [-0.3, -0.25) is 14.1 Å². The molecule has 0 aromatic heterocycles. The van der Waals surface area contributed by atoms with E-state index in [-0.39, 0.29) is 6.42 Å². The van der Waals surface area contributed by atoms with Crippen LogP contribution in [0.25, 0.3) is 0 Å². The molecule has 1 N–H and O–H groups in total. The van der Waals surface area contributed by atoms with E-state index in [4.69, 9.17) is 0 Å². The zero-order chi connectivity index (χ0) is 12.6. The summed E-state index contributed by atoms with van der Waals surface area (Å²) in [7, 11) is -4.57. The van der Waals surface area contributed by atoms with Gasteiger partial charge in [-0.1, -0.05) is 20.8 Å². The van der Waals surface area contributed by atoms with Gasteiger partial charge in [0.05, 0.1) is 0 Å². The van der Waals surface area contributed by atoms with Crippen molar-refractivity contribution < 1.29 is 22.6 Å². The van der Waals surface area contributed by atoms with E-state index in [9.17, 15) is 22.6 Å². The van der Waals surface area contributed by atoms with Gasteiger partial charge < -0.3 is 0 Å². The Balaban J connectivity index is 2.84. The monoisotopic (exact) mass is 246 g/mol. The van der Waals surface area contributed by atoms with Gasteiger partial charge in [-0.25, -0.2) is 0 Å². The second-order valence-corrected chi connectivity index (χ2v) is 7.06. The minimum atomic E-state index is -4.57. The second-order valence-electron chi connectivity index (χ2n) is 5.42. The Bertz CT molecular complexity index is 503. The molecular formula is C10H14O5S. The third-order valence-electron chi connectivity index (χ3n) is 4.88. The molecule has 0 amide bonds. The van der Waals surface area contributed by atoms with Crippen LogP contribution >= 0.6 is 0 Å². The highest BCUT2D eigenvalue weighted by atomic mass is 32.2. The van der Waals surface area contributed by atoms with Crippen LogP contribution in [0.2, 0.25) is 0 Å². The van der Waals surface area contributed by atoms with Gasteiger partial charge in [0.1, 0.15) is 0 Å². The molecule has 5 nitrogen and oxygen atoms in total. The summed E-state index contributed by atoms with van der Waals surface area (Å²) in [5.74, 6) is -1.62. The van der Waals surface area contributed by atoms with Crippen LogP contribution in [0.1, 0.15) is 33.6 Å². The highest BCUT2D eigenvalue weighted by Crippen LogP contribution is 2.66. The smallest absolute Gasteiger partial charge is 0.278 e. The minimum absolute atomic E-state index is 0.0277. The van der Waals surface area contributed by atoms with Crippen LogP contribution in [-0.4, -0.2) is 29.3 Å². The van der Waals surface area contributed by atoms with E-state index < -0.39 is 37.3 Å². The van der Waals surface area contributed by atoms with Crippen molar-refractivity contribution in [3.8, 4) is 0 Å². The van der Waals surface area contributed by atoms with Crippen LogP contribution in [-0.2, 0) is 19.7 Å². The van der Waals surface area contributed by atoms with Gasteiger partial charge >= 0.3 is 0 Å². The van der Waals surface area contributed by atoms with Crippen molar-refractivity contribution in [3.63, 3.8) is 0 Å². The molecule has 2 bridgehead atoms. The molecule has 0 saturated heterocycles. The number of carbonyl (C=O) groups is 2. The summed E-state index contributed by atoms with van der Waals surface area (Å²) < 4.78 is 30.4. The highest BCUT2D eigenvalue weighted by Gasteiger charge is 2.80. The quantitative estimate of drug-likeness (QED) is 0.540. The molecule has 2 saturated carbocycles. The third kappa shape index (κ3) is 0.820. The number of Topliss-reactive ketones (excluding diaryl/α,β-unsaturated/α-hetero) is 2. The highest BCUT2D eigenvalue weighted by molar-refractivity contribution is 7.88. The first kappa shape index (κ1) is 11.7. The van der Waals surface area contributed by atoms with Gasteiger partial charge in [0, 0.05) is 10.8 Å². The first-order chi connectivity index (χ1) is 7.02. The average molecular weight is 246 g/mol. The van der Waals surface area contributed by atoms with Crippen molar-refractivity contribution >= 4 is 21.7 Å². The maximum Gasteiger partial charge on any atom is 0.278 e. The number of rotatable bonds is 1. The molecule has 2 aliphatic carbocycles. The number of hydrogen-bond donors (Lipinski definition) is 1. The van der Waals surface area contributed by atoms with Gasteiger partial charge in [-0.15, -0.1) is 0 Å². The molecule has 6 heteroatoms. The molecule has 90 valence electrons. The van der Waals surface area contributed by atoms with Crippen molar-refractivity contribution in [1.82, 2.24) is 0 Å². The Hall–Kier alpha value is -0.750. The fourth-order valence-electron chi connectivity index (χ4n) is 3.29. The van der Waals surface area contributed by atoms with Crippen molar-refractivity contribution in [3.05, 3.63) is 0 Å². The summed E-state index contributed by atoms with van der Waals surface area (Å²) in [4.78, 5) is 23.7. The lowest BCUT2D eigenvalue weighted by atomic mass is 9.70. The van der Waals surface area contributed by atoms with Crippen LogP contribution in [0.15, 0.2) is 0 Å². The van der Waals surface area contributed by atoms with Gasteiger partial charge in [0.25, 0.3) is 10.1 Å². The Kier molecular flexibility index (Phi) is 1.88. The van der Waals surface area contributed by atoms with Gasteiger partial charge in [-0.05, 0) is 12.8 Å². The molecule has 2 atom stereocenters. The standard InChI is InChI=1S/C10H14O5S/c1-8(2)9(3)4-5-10(8,16(13,14)15)7(12)6(9)11/h4-5H2,1-3H3,(H,13,14,15). The predicted molar refractivity (Wildman–Crippen MR) is 55.4 cm³/mol. The summed E-state index contributed by atoms with van der Waals surface area (Å²) in [5, 5.41) is 0. The van der Waals surface area contributed by atoms with Gasteiger partial charge in [-0.2, -0.15) is 8.42 Å². The molecule has 2 unspecified atom stereocenters. The lowest BCUT2D eigenvalue weighted by molar-refractivity contribution is -0.140. The zero-order valence-corrected chi connectivity index (χ0v) is 10.2. The number of ketones is 2. The minimum Gasteiger partial charge on any atom is -0.290 e. The zero-order valence-electron chi connectivity index (χ0n) is 9.40. The SMILES string of the molecule is CC12CCC(S(=O)(=O)O)(C(=O)C1=O)C2(C)C. The van der Waals surface area contributed by atoms with Crippen molar-refractivity contribution in [2.75, 3.05) is 0 Å². The molecule has 16 heavy (non-hydrogen) atoms. The topological polar surface area (TPSA) is 88.5 Å². The molecule has 2 rings (SSSR count). The van der Waals surface area contributed by atoms with Gasteiger partial charge in [0.15, 0.2) is 4.75 Å². The first-order valence-corrected chi connectivity index (χ1v) is 6.53. The van der Waals surface area contributed by atoms with Crippen LogP contribution < -0.4 is 0 Å². The Morgan fingerprint density at radius 2 is 1.56 bits per heavy atom. The molecule has 0 spiro atoms. The molecule has 0 aromatic rings. The van der Waals surface area contributed by atoms with Gasteiger partial charge in [0.2, 0.25) is 11.6 Å². The summed E-state index contributed by atoms with van der Waals surface area (Å²) >= 11 is 0. The fourth-order valence-corrected chi connectivity index (χ4v) is 4.85. The van der Waals surface area contributed by atoms with Crippen LogP contribution in [0.4, 0.5) is 0 Å². The molecular weight excluding hydrogens is 232 g/mol. The maximum absolute atomic E-state index is 11.9. The van der Waals surface area contributed by atoms with Crippen LogP contribution in [0.3, 0.4) is 0 Å². The summed E-state index contributed by atoms with van der Waals surface area (Å²) in [6.07, 6.45) is 0.351. The Morgan fingerprint density at radius 1 is 1.06 bits per heavy atom. The fraction of sp³-hybridized carbons (Fsp3) is 0.800. The normalized spacial score (nSPS) is 41.8. The lowest BCUT2D eigenvalue weighted by Crippen LogP contribution is -2.51. The van der Waals surface area contributed by atoms with E-state index >= 15 is 0 Å². The number of hydrogen-bond acceptors (Lipinski definition) is 4. The summed E-state index contributed by atoms with van der Waals surface area (Å²) in [6, 6.07) is 0. The van der Waals surface area contributed by atoms with E-state index in [1.807, 2.05) is 0 Å². The molecule has 2 fully saturated rings. The number of carbonyl (C=O) groups excluding carboxylic acids is 2. The Labute approximate surface area is 94.0 Å². The molecule has 0 heterocycles. The van der Waals surface area contributed by atoms with Crippen molar-refractivity contribution in [2.24, 2.45) is 10.8 Å². The van der Waals surface area contributed by atoms with E-state index in [1.165, 1.54) is 0 Å². The lowest BCUT2D eigenvalue weighted by Gasteiger charge is -2.35. The average Bonchev–Trinajstić information content (AvgIpc) is 2.38. The van der Waals surface area contributed by atoms with E-state index in [0.717, 1.165) is 0 Å². The van der Waals surface area contributed by atoms with Crippen molar-refractivity contribution in [2.45, 2.75) is 38.4 Å². The second kappa shape index (κ2) is 2.56. The van der Waals surface area contributed by atoms with Crippen LogP contribution in [0, 0.1) is 10.8 Å². The van der Waals surface area contributed by atoms with E-state index in [2.05, 4.69) is 0 Å².